The molecular weight excluding hydrogens is 312 g/mol. The molecule has 1 atom stereocenters. The fourth-order valence-electron chi connectivity index (χ4n) is 2.86. The summed E-state index contributed by atoms with van der Waals surface area (Å²) in [6, 6.07) is 9.15. The highest BCUT2D eigenvalue weighted by Crippen LogP contribution is 2.20. The third-order valence-electron chi connectivity index (χ3n) is 4.20. The molecule has 3 N–H and O–H groups in total. The van der Waals surface area contributed by atoms with Gasteiger partial charge in [0.25, 0.3) is 5.91 Å². The molecule has 0 spiro atoms. The molecule has 6 heteroatoms. The van der Waals surface area contributed by atoms with Crippen molar-refractivity contribution in [3.8, 4) is 11.3 Å². The van der Waals surface area contributed by atoms with Crippen LogP contribution in [0.4, 0.5) is 0 Å². The molecule has 23 heavy (non-hydrogen) atoms. The fourth-order valence-corrected chi connectivity index (χ4v) is 2.99. The highest BCUT2D eigenvalue weighted by molar-refractivity contribution is 6.30. The molecule has 1 unspecified atom stereocenters. The quantitative estimate of drug-likeness (QED) is 0.788. The van der Waals surface area contributed by atoms with Gasteiger partial charge in [-0.3, -0.25) is 9.89 Å². The van der Waals surface area contributed by atoms with E-state index >= 15 is 0 Å². The Morgan fingerprint density at radius 2 is 2.17 bits per heavy atom. The number of nitrogens with one attached hydrogen (secondary N) is 3. The number of piperidine rings is 1. The van der Waals surface area contributed by atoms with Gasteiger partial charge >= 0.3 is 0 Å². The first-order valence-electron chi connectivity index (χ1n) is 8.02. The summed E-state index contributed by atoms with van der Waals surface area (Å²) in [4.78, 5) is 12.2. The van der Waals surface area contributed by atoms with E-state index in [9.17, 15) is 4.79 Å². The van der Waals surface area contributed by atoms with E-state index in [0.29, 0.717) is 23.2 Å². The van der Waals surface area contributed by atoms with Gasteiger partial charge in [0.2, 0.25) is 0 Å². The van der Waals surface area contributed by atoms with Crippen molar-refractivity contribution in [2.75, 3.05) is 19.6 Å². The zero-order valence-corrected chi connectivity index (χ0v) is 13.7. The van der Waals surface area contributed by atoms with Crippen LogP contribution >= 0.6 is 11.6 Å². The molecule has 1 aliphatic rings. The van der Waals surface area contributed by atoms with Crippen molar-refractivity contribution < 1.29 is 4.79 Å². The number of H-pyrrole nitrogens is 1. The lowest BCUT2D eigenvalue weighted by molar-refractivity contribution is 0.0945. The Labute approximate surface area is 140 Å². The van der Waals surface area contributed by atoms with Gasteiger partial charge < -0.3 is 10.6 Å². The van der Waals surface area contributed by atoms with E-state index < -0.39 is 0 Å². The normalized spacial score (nSPS) is 17.9. The topological polar surface area (TPSA) is 69.8 Å². The number of rotatable bonds is 5. The second kappa shape index (κ2) is 7.62. The molecule has 3 rings (SSSR count). The summed E-state index contributed by atoms with van der Waals surface area (Å²) < 4.78 is 0. The lowest BCUT2D eigenvalue weighted by Gasteiger charge is -2.22. The van der Waals surface area contributed by atoms with E-state index in [1.54, 1.807) is 6.07 Å². The first kappa shape index (κ1) is 16.0. The third-order valence-corrected chi connectivity index (χ3v) is 4.45. The van der Waals surface area contributed by atoms with Gasteiger partial charge in [-0.2, -0.15) is 5.10 Å². The van der Waals surface area contributed by atoms with Crippen LogP contribution in [0, 0.1) is 5.92 Å². The van der Waals surface area contributed by atoms with E-state index in [4.69, 9.17) is 11.6 Å². The average molecular weight is 333 g/mol. The minimum atomic E-state index is -0.110. The van der Waals surface area contributed by atoms with Crippen LogP contribution in [0.1, 0.15) is 29.8 Å². The van der Waals surface area contributed by atoms with Gasteiger partial charge in [0.1, 0.15) is 5.69 Å². The van der Waals surface area contributed by atoms with Crippen LogP contribution in [-0.4, -0.2) is 35.7 Å². The minimum absolute atomic E-state index is 0.110. The van der Waals surface area contributed by atoms with Crippen molar-refractivity contribution in [2.45, 2.75) is 19.3 Å². The minimum Gasteiger partial charge on any atom is -0.351 e. The third kappa shape index (κ3) is 4.33. The number of amides is 1. The largest absolute Gasteiger partial charge is 0.351 e. The van der Waals surface area contributed by atoms with Gasteiger partial charge in [0.05, 0.1) is 5.69 Å². The Balaban J connectivity index is 1.52. The summed E-state index contributed by atoms with van der Waals surface area (Å²) in [6.45, 7) is 2.87. The number of benzene rings is 1. The van der Waals surface area contributed by atoms with Crippen molar-refractivity contribution in [1.29, 1.82) is 0 Å². The van der Waals surface area contributed by atoms with Crippen LogP contribution in [0.3, 0.4) is 0 Å². The summed E-state index contributed by atoms with van der Waals surface area (Å²) >= 11 is 5.88. The van der Waals surface area contributed by atoms with Gasteiger partial charge in [-0.05, 0) is 56.5 Å². The summed E-state index contributed by atoms with van der Waals surface area (Å²) in [6.07, 6.45) is 3.48. The predicted molar refractivity (Wildman–Crippen MR) is 91.6 cm³/mol. The number of aromatic nitrogens is 2. The molecule has 1 fully saturated rings. The zero-order valence-electron chi connectivity index (χ0n) is 12.9. The molecule has 0 saturated carbocycles. The van der Waals surface area contributed by atoms with Crippen molar-refractivity contribution in [2.24, 2.45) is 5.92 Å². The molecule has 1 aliphatic heterocycles. The van der Waals surface area contributed by atoms with Crippen LogP contribution in [0.25, 0.3) is 11.3 Å². The van der Waals surface area contributed by atoms with Crippen LogP contribution in [0.2, 0.25) is 5.02 Å². The lowest BCUT2D eigenvalue weighted by Crippen LogP contribution is -2.33. The van der Waals surface area contributed by atoms with Crippen LogP contribution in [-0.2, 0) is 0 Å². The molecule has 1 amide bonds. The molecule has 2 heterocycles. The Kier molecular flexibility index (Phi) is 5.31. The van der Waals surface area contributed by atoms with Crippen LogP contribution < -0.4 is 10.6 Å². The van der Waals surface area contributed by atoms with Crippen molar-refractivity contribution in [1.82, 2.24) is 20.8 Å². The fraction of sp³-hybridized carbons (Fsp3) is 0.412. The SMILES string of the molecule is O=C(NCCC1CCCNC1)c1cc(-c2ccc(Cl)cc2)n[nH]1. The second-order valence-electron chi connectivity index (χ2n) is 5.93. The molecule has 122 valence electrons. The van der Waals surface area contributed by atoms with Crippen molar-refractivity contribution in [3.05, 3.63) is 41.0 Å². The number of carbonyl (C=O) groups is 1. The van der Waals surface area contributed by atoms with Gasteiger partial charge in [-0.15, -0.1) is 0 Å². The first-order chi connectivity index (χ1) is 11.2. The number of nitrogens with zero attached hydrogens (tertiary/aromatic N) is 1. The molecule has 0 aliphatic carbocycles. The van der Waals surface area contributed by atoms with E-state index in [2.05, 4.69) is 20.8 Å². The Morgan fingerprint density at radius 1 is 1.35 bits per heavy atom. The van der Waals surface area contributed by atoms with Gasteiger partial charge in [-0.1, -0.05) is 23.7 Å². The molecule has 0 bridgehead atoms. The molecule has 0 radical (unpaired) electrons. The summed E-state index contributed by atoms with van der Waals surface area (Å²) in [5, 5.41) is 14.0. The van der Waals surface area contributed by atoms with E-state index in [1.165, 1.54) is 12.8 Å². The maximum absolute atomic E-state index is 12.2. The van der Waals surface area contributed by atoms with E-state index in [-0.39, 0.29) is 5.91 Å². The molecule has 2 aromatic rings. The van der Waals surface area contributed by atoms with Gasteiger partial charge in [0, 0.05) is 17.1 Å². The summed E-state index contributed by atoms with van der Waals surface area (Å²) in [5.41, 5.74) is 2.15. The number of hydrogen-bond acceptors (Lipinski definition) is 3. The van der Waals surface area contributed by atoms with Gasteiger partial charge in [-0.25, -0.2) is 0 Å². The van der Waals surface area contributed by atoms with Crippen molar-refractivity contribution in [3.63, 3.8) is 0 Å². The first-order valence-corrected chi connectivity index (χ1v) is 8.40. The number of hydrogen-bond donors (Lipinski definition) is 3. The molecule has 1 aromatic heterocycles. The van der Waals surface area contributed by atoms with Gasteiger partial charge in [0.15, 0.2) is 0 Å². The predicted octanol–water partition coefficient (Wildman–Crippen LogP) is 2.85. The Hall–Kier alpha value is -1.85. The molecule has 5 nitrogen and oxygen atoms in total. The van der Waals surface area contributed by atoms with Crippen LogP contribution in [0.5, 0.6) is 0 Å². The Bertz CT molecular complexity index is 647. The monoisotopic (exact) mass is 332 g/mol. The average Bonchev–Trinajstić information content (AvgIpc) is 3.06. The number of aromatic amines is 1. The highest BCUT2D eigenvalue weighted by Gasteiger charge is 2.14. The van der Waals surface area contributed by atoms with Crippen molar-refractivity contribution >= 4 is 17.5 Å². The van der Waals surface area contributed by atoms with Crippen LogP contribution in [0.15, 0.2) is 30.3 Å². The smallest absolute Gasteiger partial charge is 0.269 e. The Morgan fingerprint density at radius 3 is 2.91 bits per heavy atom. The lowest BCUT2D eigenvalue weighted by atomic mass is 9.96. The maximum Gasteiger partial charge on any atom is 0.269 e. The highest BCUT2D eigenvalue weighted by atomic mass is 35.5. The van der Waals surface area contributed by atoms with E-state index in [1.807, 2.05) is 24.3 Å². The second-order valence-corrected chi connectivity index (χ2v) is 6.37. The zero-order chi connectivity index (χ0) is 16.1. The molecular formula is C17H21ClN4O. The molecule has 1 aromatic carbocycles. The molecule has 1 saturated heterocycles. The van der Waals surface area contributed by atoms with E-state index in [0.717, 1.165) is 30.8 Å². The summed E-state index contributed by atoms with van der Waals surface area (Å²) in [5.74, 6) is 0.553. The summed E-state index contributed by atoms with van der Waals surface area (Å²) in [7, 11) is 0. The number of carbonyl (C=O) groups excluding carboxylic acids is 1. The number of halogens is 1. The maximum atomic E-state index is 12.2. The standard InChI is InChI=1S/C17H21ClN4O/c18-14-5-3-13(4-6-14)15-10-16(22-21-15)17(23)20-9-7-12-2-1-8-19-11-12/h3-6,10,12,19H,1-2,7-9,11H2,(H,20,23)(H,21,22).